The molecule has 2 rings (SSSR count). The van der Waals surface area contributed by atoms with Crippen LogP contribution in [-0.4, -0.2) is 11.7 Å². The average Bonchev–Trinajstić information content (AvgIpc) is 2.41. The van der Waals surface area contributed by atoms with Crippen LogP contribution in [0.4, 0.5) is 8.78 Å². The third-order valence-corrected chi connectivity index (χ3v) is 3.09. The molecule has 0 aromatic heterocycles. The molecule has 1 atom stereocenters. The predicted octanol–water partition coefficient (Wildman–Crippen LogP) is 4.04. The molecule has 0 saturated carbocycles. The first kappa shape index (κ1) is 14.8. The topological polar surface area (TPSA) is 29.5 Å². The van der Waals surface area contributed by atoms with Crippen LogP contribution in [0.2, 0.25) is 5.02 Å². The Kier molecular flexibility index (Phi) is 4.57. The molecule has 5 heteroatoms. The Labute approximate surface area is 120 Å². The first-order valence-corrected chi connectivity index (χ1v) is 6.37. The molecule has 2 aromatic carbocycles. The van der Waals surface area contributed by atoms with Gasteiger partial charge in [0.15, 0.2) is 0 Å². The van der Waals surface area contributed by atoms with Crippen molar-refractivity contribution in [3.8, 4) is 5.75 Å². The van der Waals surface area contributed by atoms with Crippen LogP contribution < -0.4 is 4.74 Å². The van der Waals surface area contributed by atoms with Crippen LogP contribution in [0.1, 0.15) is 17.2 Å². The molecule has 0 fully saturated rings. The molecule has 0 heterocycles. The van der Waals surface area contributed by atoms with E-state index < -0.39 is 17.7 Å². The van der Waals surface area contributed by atoms with Crippen LogP contribution in [0.15, 0.2) is 36.4 Å². The molecular formula is C15H13ClF2O2. The lowest BCUT2D eigenvalue weighted by Gasteiger charge is -2.15. The van der Waals surface area contributed by atoms with Gasteiger partial charge in [0.05, 0.1) is 5.56 Å². The van der Waals surface area contributed by atoms with Gasteiger partial charge < -0.3 is 9.84 Å². The fourth-order valence-corrected chi connectivity index (χ4v) is 1.98. The number of aryl methyl sites for hydroxylation is 1. The van der Waals surface area contributed by atoms with Gasteiger partial charge in [-0.25, -0.2) is 8.78 Å². The Morgan fingerprint density at radius 3 is 2.70 bits per heavy atom. The number of benzene rings is 2. The number of rotatable bonds is 4. The highest BCUT2D eigenvalue weighted by Gasteiger charge is 2.20. The maximum absolute atomic E-state index is 13.8. The van der Waals surface area contributed by atoms with E-state index in [2.05, 4.69) is 0 Å². The molecule has 0 amide bonds. The maximum Gasteiger partial charge on any atom is 0.134 e. The third kappa shape index (κ3) is 3.26. The van der Waals surface area contributed by atoms with Gasteiger partial charge in [0.25, 0.3) is 0 Å². The summed E-state index contributed by atoms with van der Waals surface area (Å²) in [5.74, 6) is -1.13. The number of ether oxygens (including phenoxy) is 1. The molecule has 0 aliphatic heterocycles. The summed E-state index contributed by atoms with van der Waals surface area (Å²) >= 11 is 5.79. The van der Waals surface area contributed by atoms with Gasteiger partial charge in [0.1, 0.15) is 30.1 Å². The summed E-state index contributed by atoms with van der Waals surface area (Å²) in [5, 5.41) is 10.4. The van der Waals surface area contributed by atoms with Gasteiger partial charge in [-0.3, -0.25) is 0 Å². The Hall–Kier alpha value is -1.65. The van der Waals surface area contributed by atoms with Crippen molar-refractivity contribution in [3.63, 3.8) is 0 Å². The van der Waals surface area contributed by atoms with E-state index in [0.29, 0.717) is 10.8 Å². The molecule has 0 aliphatic carbocycles. The van der Waals surface area contributed by atoms with E-state index >= 15 is 0 Å². The Bertz CT molecular complexity index is 617. The van der Waals surface area contributed by atoms with Gasteiger partial charge in [-0.05, 0) is 36.8 Å². The SMILES string of the molecule is Cc1ccc(F)c(C(O)COc2cccc(Cl)c2)c1F. The monoisotopic (exact) mass is 298 g/mol. The Morgan fingerprint density at radius 2 is 2.00 bits per heavy atom. The van der Waals surface area contributed by atoms with Crippen LogP contribution in [-0.2, 0) is 0 Å². The van der Waals surface area contributed by atoms with Crippen LogP contribution in [0.5, 0.6) is 5.75 Å². The summed E-state index contributed by atoms with van der Waals surface area (Å²) in [4.78, 5) is 0. The van der Waals surface area contributed by atoms with E-state index in [1.165, 1.54) is 13.0 Å². The zero-order chi connectivity index (χ0) is 14.7. The van der Waals surface area contributed by atoms with E-state index in [1.54, 1.807) is 24.3 Å². The van der Waals surface area contributed by atoms with Gasteiger partial charge in [0.2, 0.25) is 0 Å². The summed E-state index contributed by atoms with van der Waals surface area (Å²) < 4.78 is 32.7. The van der Waals surface area contributed by atoms with Crippen LogP contribution in [0.25, 0.3) is 0 Å². The molecule has 20 heavy (non-hydrogen) atoms. The van der Waals surface area contributed by atoms with Crippen LogP contribution in [0, 0.1) is 18.6 Å². The van der Waals surface area contributed by atoms with Crippen molar-refractivity contribution >= 4 is 11.6 Å². The molecule has 1 N–H and O–H groups in total. The molecule has 0 spiro atoms. The van der Waals surface area contributed by atoms with Crippen molar-refractivity contribution in [2.45, 2.75) is 13.0 Å². The van der Waals surface area contributed by atoms with E-state index in [1.807, 2.05) is 0 Å². The van der Waals surface area contributed by atoms with E-state index in [0.717, 1.165) is 6.07 Å². The summed E-state index contributed by atoms with van der Waals surface area (Å²) in [6.45, 7) is 1.24. The van der Waals surface area contributed by atoms with E-state index in [4.69, 9.17) is 16.3 Å². The largest absolute Gasteiger partial charge is 0.490 e. The number of halogens is 3. The lowest BCUT2D eigenvalue weighted by molar-refractivity contribution is 0.101. The summed E-state index contributed by atoms with van der Waals surface area (Å²) in [5.41, 5.74) is -0.116. The van der Waals surface area contributed by atoms with Gasteiger partial charge >= 0.3 is 0 Å². The number of aliphatic hydroxyl groups excluding tert-OH is 1. The minimum absolute atomic E-state index is 0.266. The molecule has 2 nitrogen and oxygen atoms in total. The van der Waals surface area contributed by atoms with Crippen molar-refractivity contribution in [1.82, 2.24) is 0 Å². The third-order valence-electron chi connectivity index (χ3n) is 2.86. The van der Waals surface area contributed by atoms with Gasteiger partial charge in [-0.15, -0.1) is 0 Å². The van der Waals surface area contributed by atoms with Gasteiger partial charge in [-0.2, -0.15) is 0 Å². The molecule has 0 aliphatic rings. The van der Waals surface area contributed by atoms with Gasteiger partial charge in [0, 0.05) is 5.02 Å². The second-order valence-corrected chi connectivity index (χ2v) is 4.81. The van der Waals surface area contributed by atoms with Crippen LogP contribution >= 0.6 is 11.6 Å². The average molecular weight is 299 g/mol. The smallest absolute Gasteiger partial charge is 0.134 e. The minimum Gasteiger partial charge on any atom is -0.490 e. The minimum atomic E-state index is -1.39. The first-order valence-electron chi connectivity index (χ1n) is 6.00. The molecule has 0 saturated heterocycles. The normalized spacial score (nSPS) is 12.2. The zero-order valence-corrected chi connectivity index (χ0v) is 11.5. The van der Waals surface area contributed by atoms with Crippen molar-refractivity contribution in [2.75, 3.05) is 6.61 Å². The van der Waals surface area contributed by atoms with E-state index in [9.17, 15) is 13.9 Å². The standard InChI is InChI=1S/C15H13ClF2O2/c1-9-5-6-12(17)14(15(9)18)13(19)8-20-11-4-2-3-10(16)7-11/h2-7,13,19H,8H2,1H3. The van der Waals surface area contributed by atoms with Crippen molar-refractivity contribution in [3.05, 3.63) is 64.2 Å². The lowest BCUT2D eigenvalue weighted by Crippen LogP contribution is -2.14. The van der Waals surface area contributed by atoms with E-state index in [-0.39, 0.29) is 17.7 Å². The first-order chi connectivity index (χ1) is 9.49. The van der Waals surface area contributed by atoms with Crippen molar-refractivity contribution in [1.29, 1.82) is 0 Å². The van der Waals surface area contributed by atoms with Gasteiger partial charge in [-0.1, -0.05) is 23.7 Å². The molecule has 2 aromatic rings. The molecule has 106 valence electrons. The molecule has 1 unspecified atom stereocenters. The molecule has 0 bridgehead atoms. The Balaban J connectivity index is 2.13. The highest BCUT2D eigenvalue weighted by Crippen LogP contribution is 2.25. The number of hydrogen-bond donors (Lipinski definition) is 1. The highest BCUT2D eigenvalue weighted by atomic mass is 35.5. The Morgan fingerprint density at radius 1 is 1.25 bits per heavy atom. The summed E-state index contributed by atoms with van der Waals surface area (Å²) in [7, 11) is 0. The quantitative estimate of drug-likeness (QED) is 0.923. The predicted molar refractivity (Wildman–Crippen MR) is 73.0 cm³/mol. The second kappa shape index (κ2) is 6.20. The number of hydrogen-bond acceptors (Lipinski definition) is 2. The zero-order valence-electron chi connectivity index (χ0n) is 10.7. The molecule has 0 radical (unpaired) electrons. The maximum atomic E-state index is 13.8. The van der Waals surface area contributed by atoms with Crippen molar-refractivity contribution in [2.24, 2.45) is 0 Å². The summed E-state index contributed by atoms with van der Waals surface area (Å²) in [6.07, 6.45) is -1.39. The highest BCUT2D eigenvalue weighted by molar-refractivity contribution is 6.30. The fourth-order valence-electron chi connectivity index (χ4n) is 1.80. The lowest BCUT2D eigenvalue weighted by atomic mass is 10.1. The number of aliphatic hydroxyl groups is 1. The molecular weight excluding hydrogens is 286 g/mol. The van der Waals surface area contributed by atoms with Crippen LogP contribution in [0.3, 0.4) is 0 Å². The van der Waals surface area contributed by atoms with Crippen molar-refractivity contribution < 1.29 is 18.6 Å². The fraction of sp³-hybridized carbons (Fsp3) is 0.200. The second-order valence-electron chi connectivity index (χ2n) is 4.38. The summed E-state index contributed by atoms with van der Waals surface area (Å²) in [6, 6.07) is 8.98.